The van der Waals surface area contributed by atoms with E-state index in [1.165, 1.54) is 17.4 Å². The van der Waals surface area contributed by atoms with Crippen molar-refractivity contribution in [3.05, 3.63) is 24.2 Å². The zero-order chi connectivity index (χ0) is 14.5. The molecule has 0 aliphatic carbocycles. The van der Waals surface area contributed by atoms with Crippen molar-refractivity contribution in [2.24, 2.45) is 0 Å². The fraction of sp³-hybridized carbons (Fsp3) is 0.643. The molecule has 2 rings (SSSR count). The Balaban J connectivity index is 1.76. The van der Waals surface area contributed by atoms with Gasteiger partial charge in [-0.25, -0.2) is 0 Å². The van der Waals surface area contributed by atoms with Crippen LogP contribution in [0, 0.1) is 0 Å². The van der Waals surface area contributed by atoms with E-state index in [-0.39, 0.29) is 5.91 Å². The molecule has 0 aromatic carbocycles. The lowest BCUT2D eigenvalue weighted by Gasteiger charge is -2.34. The van der Waals surface area contributed by atoms with Gasteiger partial charge in [-0.15, -0.1) is 0 Å². The number of nitrogens with zero attached hydrogens (tertiary/aromatic N) is 3. The quantitative estimate of drug-likeness (QED) is 0.820. The molecule has 1 aliphatic heterocycles. The SMILES string of the molecule is CN1CCN(CC(O)CN(C)C(=O)c2ccoc2)CC1. The van der Waals surface area contributed by atoms with Crippen molar-refractivity contribution < 1.29 is 14.3 Å². The van der Waals surface area contributed by atoms with Gasteiger partial charge in [0.25, 0.3) is 5.91 Å². The molecule has 1 aromatic heterocycles. The molecule has 1 saturated heterocycles. The summed E-state index contributed by atoms with van der Waals surface area (Å²) in [6.07, 6.45) is 2.37. The van der Waals surface area contributed by atoms with Gasteiger partial charge in [-0.05, 0) is 13.1 Å². The molecule has 2 heterocycles. The number of aliphatic hydroxyl groups excluding tert-OH is 1. The Kier molecular flexibility index (Phi) is 5.17. The van der Waals surface area contributed by atoms with Gasteiger partial charge in [-0.3, -0.25) is 9.69 Å². The van der Waals surface area contributed by atoms with Crippen LogP contribution in [0.3, 0.4) is 0 Å². The summed E-state index contributed by atoms with van der Waals surface area (Å²) >= 11 is 0. The third kappa shape index (κ3) is 4.06. The van der Waals surface area contributed by atoms with Crippen molar-refractivity contribution >= 4 is 5.91 Å². The molecule has 0 spiro atoms. The number of carbonyl (C=O) groups excluding carboxylic acids is 1. The van der Waals surface area contributed by atoms with Crippen LogP contribution in [0.1, 0.15) is 10.4 Å². The van der Waals surface area contributed by atoms with Crippen molar-refractivity contribution in [1.82, 2.24) is 14.7 Å². The first-order chi connectivity index (χ1) is 9.56. The zero-order valence-corrected chi connectivity index (χ0v) is 12.2. The number of amides is 1. The maximum Gasteiger partial charge on any atom is 0.256 e. The van der Waals surface area contributed by atoms with E-state index in [0.717, 1.165) is 26.2 Å². The largest absolute Gasteiger partial charge is 0.472 e. The Bertz CT molecular complexity index is 413. The number of aliphatic hydroxyl groups is 1. The van der Waals surface area contributed by atoms with Crippen LogP contribution in [-0.2, 0) is 0 Å². The summed E-state index contributed by atoms with van der Waals surface area (Å²) in [7, 11) is 3.80. The highest BCUT2D eigenvalue weighted by Gasteiger charge is 2.20. The van der Waals surface area contributed by atoms with Crippen LogP contribution in [0.2, 0.25) is 0 Å². The molecule has 1 N–H and O–H groups in total. The van der Waals surface area contributed by atoms with Gasteiger partial charge >= 0.3 is 0 Å². The first-order valence-electron chi connectivity index (χ1n) is 6.93. The molecule has 1 atom stereocenters. The number of furan rings is 1. The van der Waals surface area contributed by atoms with Gasteiger partial charge in [-0.1, -0.05) is 0 Å². The van der Waals surface area contributed by atoms with Gasteiger partial charge in [0.15, 0.2) is 0 Å². The van der Waals surface area contributed by atoms with Crippen LogP contribution < -0.4 is 0 Å². The molecule has 0 bridgehead atoms. The van der Waals surface area contributed by atoms with E-state index in [9.17, 15) is 9.90 Å². The Morgan fingerprint density at radius 3 is 2.75 bits per heavy atom. The molecule has 6 nitrogen and oxygen atoms in total. The number of piperazine rings is 1. The second-order valence-electron chi connectivity index (χ2n) is 5.46. The summed E-state index contributed by atoms with van der Waals surface area (Å²) in [5.74, 6) is -0.129. The fourth-order valence-electron chi connectivity index (χ4n) is 2.39. The standard InChI is InChI=1S/C14H23N3O3/c1-15-4-6-17(7-5-15)10-13(18)9-16(2)14(19)12-3-8-20-11-12/h3,8,11,13,18H,4-7,9-10H2,1-2H3. The summed E-state index contributed by atoms with van der Waals surface area (Å²) in [4.78, 5) is 18.1. The van der Waals surface area contributed by atoms with Crippen molar-refractivity contribution in [3.8, 4) is 0 Å². The van der Waals surface area contributed by atoms with Crippen LogP contribution in [0.15, 0.2) is 23.0 Å². The number of rotatable bonds is 5. The molecule has 0 saturated carbocycles. The normalized spacial score (nSPS) is 18.9. The van der Waals surface area contributed by atoms with E-state index in [4.69, 9.17) is 4.42 Å². The molecule has 1 aromatic rings. The van der Waals surface area contributed by atoms with Crippen LogP contribution >= 0.6 is 0 Å². The van der Waals surface area contributed by atoms with Crippen molar-refractivity contribution in [2.75, 3.05) is 53.4 Å². The predicted octanol–water partition coefficient (Wildman–Crippen LogP) is -0.0401. The lowest BCUT2D eigenvalue weighted by molar-refractivity contribution is 0.0501. The minimum Gasteiger partial charge on any atom is -0.472 e. The third-order valence-corrected chi connectivity index (χ3v) is 3.66. The van der Waals surface area contributed by atoms with E-state index in [1.807, 2.05) is 0 Å². The van der Waals surface area contributed by atoms with Crippen LogP contribution in [0.4, 0.5) is 0 Å². The highest BCUT2D eigenvalue weighted by atomic mass is 16.3. The molecule has 6 heteroatoms. The van der Waals surface area contributed by atoms with Gasteiger partial charge in [0.1, 0.15) is 6.26 Å². The Morgan fingerprint density at radius 1 is 1.45 bits per heavy atom. The predicted molar refractivity (Wildman–Crippen MR) is 75.6 cm³/mol. The number of β-amino-alcohol motifs (C(OH)–C–C–N with tert-alkyl or cyclic N) is 1. The molecule has 1 amide bonds. The van der Waals surface area contributed by atoms with Crippen LogP contribution in [-0.4, -0.2) is 85.2 Å². The summed E-state index contributed by atoms with van der Waals surface area (Å²) in [5, 5.41) is 10.1. The van der Waals surface area contributed by atoms with Gasteiger partial charge in [0, 0.05) is 46.3 Å². The topological polar surface area (TPSA) is 60.2 Å². The lowest BCUT2D eigenvalue weighted by atomic mass is 10.2. The van der Waals surface area contributed by atoms with E-state index in [0.29, 0.717) is 18.7 Å². The third-order valence-electron chi connectivity index (χ3n) is 3.66. The molecular weight excluding hydrogens is 258 g/mol. The number of hydrogen-bond donors (Lipinski definition) is 1. The Labute approximate surface area is 119 Å². The van der Waals surface area contributed by atoms with Gasteiger partial charge < -0.3 is 19.3 Å². The Hall–Kier alpha value is -1.37. The minimum atomic E-state index is -0.528. The summed E-state index contributed by atoms with van der Waals surface area (Å²) in [6, 6.07) is 1.63. The number of hydrogen-bond acceptors (Lipinski definition) is 5. The van der Waals surface area contributed by atoms with Crippen molar-refractivity contribution in [3.63, 3.8) is 0 Å². The molecule has 0 radical (unpaired) electrons. The smallest absolute Gasteiger partial charge is 0.256 e. The second-order valence-corrected chi connectivity index (χ2v) is 5.46. The summed E-state index contributed by atoms with van der Waals surface area (Å²) < 4.78 is 4.90. The van der Waals surface area contributed by atoms with Gasteiger partial charge in [0.05, 0.1) is 17.9 Å². The van der Waals surface area contributed by atoms with E-state index < -0.39 is 6.10 Å². The lowest BCUT2D eigenvalue weighted by Crippen LogP contribution is -2.48. The Morgan fingerprint density at radius 2 is 2.15 bits per heavy atom. The average Bonchev–Trinajstić information content (AvgIpc) is 2.94. The van der Waals surface area contributed by atoms with Crippen LogP contribution in [0.5, 0.6) is 0 Å². The summed E-state index contributed by atoms with van der Waals surface area (Å²) in [5.41, 5.74) is 0.513. The minimum absolute atomic E-state index is 0.129. The maximum atomic E-state index is 12.0. The molecule has 1 fully saturated rings. The monoisotopic (exact) mass is 281 g/mol. The van der Waals surface area contributed by atoms with Crippen molar-refractivity contribution in [2.45, 2.75) is 6.10 Å². The zero-order valence-electron chi connectivity index (χ0n) is 12.2. The highest BCUT2D eigenvalue weighted by Crippen LogP contribution is 2.06. The number of likely N-dealkylation sites (N-methyl/N-ethyl adjacent to an activating group) is 2. The fourth-order valence-corrected chi connectivity index (χ4v) is 2.39. The van der Waals surface area contributed by atoms with Gasteiger partial charge in [0.2, 0.25) is 0 Å². The summed E-state index contributed by atoms with van der Waals surface area (Å²) in [6.45, 7) is 4.92. The molecular formula is C14H23N3O3. The highest BCUT2D eigenvalue weighted by molar-refractivity contribution is 5.93. The van der Waals surface area contributed by atoms with Gasteiger partial charge in [-0.2, -0.15) is 0 Å². The number of carbonyl (C=O) groups is 1. The molecule has 1 unspecified atom stereocenters. The molecule has 1 aliphatic rings. The van der Waals surface area contributed by atoms with Crippen molar-refractivity contribution in [1.29, 1.82) is 0 Å². The van der Waals surface area contributed by atoms with E-state index in [1.54, 1.807) is 13.1 Å². The van der Waals surface area contributed by atoms with E-state index >= 15 is 0 Å². The molecule has 20 heavy (non-hydrogen) atoms. The first kappa shape index (κ1) is 15.0. The maximum absolute atomic E-state index is 12.0. The van der Waals surface area contributed by atoms with E-state index in [2.05, 4.69) is 16.8 Å². The first-order valence-corrected chi connectivity index (χ1v) is 6.93. The second kappa shape index (κ2) is 6.88. The molecule has 112 valence electrons. The van der Waals surface area contributed by atoms with Crippen LogP contribution in [0.25, 0.3) is 0 Å². The average molecular weight is 281 g/mol.